The summed E-state index contributed by atoms with van der Waals surface area (Å²) in [5.41, 5.74) is -0.461. The molecule has 1 N–H and O–H groups in total. The topological polar surface area (TPSA) is 94.6 Å². The minimum atomic E-state index is -3.97. The van der Waals surface area contributed by atoms with Gasteiger partial charge < -0.3 is 9.47 Å². The average molecular weight is 552 g/mol. The van der Waals surface area contributed by atoms with Gasteiger partial charge in [-0.25, -0.2) is 26.9 Å². The van der Waals surface area contributed by atoms with Gasteiger partial charge >= 0.3 is 0 Å². The van der Waals surface area contributed by atoms with Crippen molar-refractivity contribution in [3.8, 4) is 28.5 Å². The van der Waals surface area contributed by atoms with Crippen LogP contribution in [-0.2, 0) is 10.0 Å². The van der Waals surface area contributed by atoms with Crippen molar-refractivity contribution in [3.63, 3.8) is 0 Å². The third-order valence-electron chi connectivity index (χ3n) is 4.05. The predicted molar refractivity (Wildman–Crippen MR) is 125 cm³/mol. The van der Waals surface area contributed by atoms with Crippen LogP contribution in [0.15, 0.2) is 42.6 Å². The van der Waals surface area contributed by atoms with Gasteiger partial charge in [0.05, 0.1) is 11.8 Å². The van der Waals surface area contributed by atoms with Gasteiger partial charge in [0.1, 0.15) is 22.3 Å². The van der Waals surface area contributed by atoms with Gasteiger partial charge in [0.2, 0.25) is 22.3 Å². The van der Waals surface area contributed by atoms with Crippen molar-refractivity contribution < 1.29 is 31.5 Å². The van der Waals surface area contributed by atoms with E-state index in [4.69, 9.17) is 44.3 Å². The quantitative estimate of drug-likeness (QED) is 0.386. The number of amides is 1. The zero-order valence-electron chi connectivity index (χ0n) is 17.4. The number of halogens is 5. The van der Waals surface area contributed by atoms with Crippen LogP contribution in [0.2, 0.25) is 15.1 Å². The number of nitrogens with one attached hydrogen (secondary N) is 1. The molecule has 34 heavy (non-hydrogen) atoms. The van der Waals surface area contributed by atoms with Gasteiger partial charge in [-0.1, -0.05) is 34.8 Å². The molecule has 1 atom stereocenters. The molecular formula is C21H15Cl3F2N2O5S. The summed E-state index contributed by atoms with van der Waals surface area (Å²) in [5, 5.41) is 0.660. The van der Waals surface area contributed by atoms with Crippen LogP contribution in [0.5, 0.6) is 17.4 Å². The number of ether oxygens (including phenoxy) is 2. The number of nitrogens with zero attached hydrogens (tertiary/aromatic N) is 1. The summed E-state index contributed by atoms with van der Waals surface area (Å²) in [6.07, 6.45) is 0.148. The fraction of sp³-hybridized carbons (Fsp3) is 0.143. The lowest BCUT2D eigenvalue weighted by molar-refractivity contribution is 0.0857. The van der Waals surface area contributed by atoms with E-state index >= 15 is 0 Å². The Kier molecular flexibility index (Phi) is 7.87. The van der Waals surface area contributed by atoms with E-state index in [0.717, 1.165) is 25.3 Å². The monoisotopic (exact) mass is 550 g/mol. The van der Waals surface area contributed by atoms with E-state index in [1.54, 1.807) is 4.72 Å². The minimum Gasteiger partial charge on any atom is -0.460 e. The SMILES string of the molecule is CC(F)Oc1cc(C(=O)NS(C)(=O)=O)c(F)cc1-c1cnc(Oc2cc(Cl)cc(Cl)c2)c(Cl)c1. The predicted octanol–water partition coefficient (Wildman–Crippen LogP) is 6.02. The number of sulfonamides is 1. The van der Waals surface area contributed by atoms with E-state index < -0.39 is 33.7 Å². The first-order valence-corrected chi connectivity index (χ1v) is 12.3. The van der Waals surface area contributed by atoms with Crippen molar-refractivity contribution in [2.75, 3.05) is 6.26 Å². The first-order chi connectivity index (χ1) is 15.8. The second-order valence-electron chi connectivity index (χ2n) is 6.91. The number of aromatic nitrogens is 1. The summed E-state index contributed by atoms with van der Waals surface area (Å²) >= 11 is 18.2. The molecule has 7 nitrogen and oxygen atoms in total. The third-order valence-corrected chi connectivity index (χ3v) is 5.31. The fourth-order valence-electron chi connectivity index (χ4n) is 2.80. The lowest BCUT2D eigenvalue weighted by Gasteiger charge is -2.15. The van der Waals surface area contributed by atoms with Crippen LogP contribution in [0.25, 0.3) is 11.1 Å². The Morgan fingerprint density at radius 2 is 1.74 bits per heavy atom. The van der Waals surface area contributed by atoms with Gasteiger partial charge in [0.25, 0.3) is 5.91 Å². The highest BCUT2D eigenvalue weighted by atomic mass is 35.5. The number of alkyl halides is 1. The molecule has 2 aromatic carbocycles. The van der Waals surface area contributed by atoms with E-state index in [0.29, 0.717) is 10.0 Å². The van der Waals surface area contributed by atoms with Crippen LogP contribution < -0.4 is 14.2 Å². The van der Waals surface area contributed by atoms with Crippen molar-refractivity contribution >= 4 is 50.7 Å². The van der Waals surface area contributed by atoms with Gasteiger partial charge in [-0.3, -0.25) is 4.79 Å². The fourth-order valence-corrected chi connectivity index (χ4v) is 3.95. The Hall–Kier alpha value is -2.66. The standard InChI is InChI=1S/C21H15Cl3F2N2O5S/c1-10(25)32-19-8-16(20(29)28-34(2,30)31)18(26)7-15(19)11-3-17(24)21(27-9-11)33-14-5-12(22)4-13(23)6-14/h3-10H,1-2H3,(H,28,29). The molecule has 180 valence electrons. The minimum absolute atomic E-state index is 0.00431. The van der Waals surface area contributed by atoms with E-state index in [-0.39, 0.29) is 33.5 Å². The van der Waals surface area contributed by atoms with Crippen LogP contribution in [-0.4, -0.2) is 31.9 Å². The Bertz CT molecular complexity index is 1350. The van der Waals surface area contributed by atoms with Crippen LogP contribution in [0, 0.1) is 5.82 Å². The second kappa shape index (κ2) is 10.3. The molecule has 3 rings (SSSR count). The molecule has 1 unspecified atom stereocenters. The summed E-state index contributed by atoms with van der Waals surface area (Å²) in [7, 11) is -3.97. The summed E-state index contributed by atoms with van der Waals surface area (Å²) in [5.74, 6) is -2.33. The number of pyridine rings is 1. The molecule has 0 aliphatic carbocycles. The number of carbonyl (C=O) groups excluding carboxylic acids is 1. The van der Waals surface area contributed by atoms with E-state index in [2.05, 4.69) is 4.98 Å². The Morgan fingerprint density at radius 1 is 1.09 bits per heavy atom. The van der Waals surface area contributed by atoms with Crippen LogP contribution in [0.1, 0.15) is 17.3 Å². The molecule has 0 saturated carbocycles. The average Bonchev–Trinajstić information content (AvgIpc) is 2.68. The molecule has 3 aromatic rings. The van der Waals surface area contributed by atoms with E-state index in [1.165, 1.54) is 30.5 Å². The smallest absolute Gasteiger partial charge is 0.267 e. The molecule has 0 saturated heterocycles. The molecule has 1 aromatic heterocycles. The Balaban J connectivity index is 2.01. The van der Waals surface area contributed by atoms with Gasteiger partial charge in [-0.15, -0.1) is 0 Å². The maximum Gasteiger partial charge on any atom is 0.267 e. The molecule has 0 aliphatic rings. The highest BCUT2D eigenvalue weighted by Gasteiger charge is 2.22. The number of carbonyl (C=O) groups is 1. The Morgan fingerprint density at radius 3 is 2.29 bits per heavy atom. The van der Waals surface area contributed by atoms with E-state index in [9.17, 15) is 22.0 Å². The van der Waals surface area contributed by atoms with Crippen molar-refractivity contribution in [2.24, 2.45) is 0 Å². The van der Waals surface area contributed by atoms with E-state index in [1.807, 2.05) is 0 Å². The highest BCUT2D eigenvalue weighted by molar-refractivity contribution is 7.89. The molecule has 0 aliphatic heterocycles. The molecule has 1 heterocycles. The molecule has 0 fully saturated rings. The number of hydrogen-bond acceptors (Lipinski definition) is 6. The summed E-state index contributed by atoms with van der Waals surface area (Å²) in [4.78, 5) is 16.2. The maximum atomic E-state index is 14.7. The molecular weight excluding hydrogens is 537 g/mol. The first-order valence-electron chi connectivity index (χ1n) is 9.28. The Labute approximate surface area is 208 Å². The normalized spacial score (nSPS) is 12.2. The summed E-state index contributed by atoms with van der Waals surface area (Å²) in [6, 6.07) is 7.60. The van der Waals surface area contributed by atoms with Gasteiger partial charge in [0, 0.05) is 34.3 Å². The number of hydrogen-bond donors (Lipinski definition) is 1. The summed E-state index contributed by atoms with van der Waals surface area (Å²) < 4.78 is 63.3. The molecule has 13 heteroatoms. The highest BCUT2D eigenvalue weighted by Crippen LogP contribution is 2.37. The van der Waals surface area contributed by atoms with Crippen LogP contribution >= 0.6 is 34.8 Å². The lowest BCUT2D eigenvalue weighted by atomic mass is 10.0. The zero-order valence-corrected chi connectivity index (χ0v) is 20.5. The largest absolute Gasteiger partial charge is 0.460 e. The summed E-state index contributed by atoms with van der Waals surface area (Å²) in [6.45, 7) is 1.07. The third kappa shape index (κ3) is 6.69. The molecule has 1 amide bonds. The second-order valence-corrected chi connectivity index (χ2v) is 9.94. The maximum absolute atomic E-state index is 14.7. The van der Waals surface area contributed by atoms with Crippen LogP contribution in [0.3, 0.4) is 0 Å². The lowest BCUT2D eigenvalue weighted by Crippen LogP contribution is -2.30. The number of rotatable bonds is 7. The van der Waals surface area contributed by atoms with Gasteiger partial charge in [0.15, 0.2) is 0 Å². The van der Waals surface area contributed by atoms with Crippen molar-refractivity contribution in [2.45, 2.75) is 13.3 Å². The number of benzene rings is 2. The first kappa shape index (κ1) is 26.0. The molecule has 0 radical (unpaired) electrons. The van der Waals surface area contributed by atoms with Crippen molar-refractivity contribution in [1.29, 1.82) is 0 Å². The zero-order chi connectivity index (χ0) is 25.2. The molecule has 0 bridgehead atoms. The van der Waals surface area contributed by atoms with Crippen LogP contribution in [0.4, 0.5) is 8.78 Å². The van der Waals surface area contributed by atoms with Crippen molar-refractivity contribution in [1.82, 2.24) is 9.71 Å². The van der Waals surface area contributed by atoms with Gasteiger partial charge in [-0.2, -0.15) is 0 Å². The molecule has 0 spiro atoms. The van der Waals surface area contributed by atoms with Crippen molar-refractivity contribution in [3.05, 3.63) is 69.0 Å². The van der Waals surface area contributed by atoms with Gasteiger partial charge in [-0.05, 0) is 36.4 Å².